The summed E-state index contributed by atoms with van der Waals surface area (Å²) >= 11 is 7.96. The summed E-state index contributed by atoms with van der Waals surface area (Å²) in [5.41, 5.74) is 4.56. The van der Waals surface area contributed by atoms with Crippen molar-refractivity contribution in [3.8, 4) is 16.9 Å². The van der Waals surface area contributed by atoms with E-state index >= 15 is 0 Å². The molecule has 0 saturated heterocycles. The van der Waals surface area contributed by atoms with Gasteiger partial charge in [0.2, 0.25) is 0 Å². The lowest BCUT2D eigenvalue weighted by Crippen LogP contribution is -2.28. The zero-order chi connectivity index (χ0) is 24.2. The third-order valence-corrected chi connectivity index (χ3v) is 6.78. The highest BCUT2D eigenvalue weighted by Gasteiger charge is 2.12. The third-order valence-electron chi connectivity index (χ3n) is 5.33. The van der Waals surface area contributed by atoms with Gasteiger partial charge in [-0.05, 0) is 68.5 Å². The van der Waals surface area contributed by atoms with Gasteiger partial charge in [0, 0.05) is 36.4 Å². The lowest BCUT2D eigenvalue weighted by Gasteiger charge is -2.18. The first kappa shape index (κ1) is 24.0. The molecule has 1 heterocycles. The first-order chi connectivity index (χ1) is 16.3. The molecule has 3 aromatic carbocycles. The Morgan fingerprint density at radius 2 is 1.79 bits per heavy atom. The number of rotatable bonds is 7. The SMILES string of the molecule is Cc1ccc(-c2ccc(OC(=O)Nc3ccc4nc(N(C)CCN(C)C)sc4c3)cc2)c(Cl)c1. The summed E-state index contributed by atoms with van der Waals surface area (Å²) in [6.45, 7) is 3.84. The van der Waals surface area contributed by atoms with Crippen molar-refractivity contribution in [3.05, 3.63) is 71.2 Å². The summed E-state index contributed by atoms with van der Waals surface area (Å²) in [6, 6.07) is 18.9. The number of halogens is 1. The molecule has 0 fully saturated rings. The summed E-state index contributed by atoms with van der Waals surface area (Å²) in [4.78, 5) is 21.4. The molecule has 34 heavy (non-hydrogen) atoms. The molecule has 0 aliphatic carbocycles. The monoisotopic (exact) mass is 494 g/mol. The normalized spacial score (nSPS) is 11.1. The van der Waals surface area contributed by atoms with Gasteiger partial charge in [-0.15, -0.1) is 0 Å². The minimum atomic E-state index is -0.548. The van der Waals surface area contributed by atoms with Crippen molar-refractivity contribution in [2.75, 3.05) is 44.4 Å². The van der Waals surface area contributed by atoms with E-state index in [1.165, 1.54) is 0 Å². The maximum Gasteiger partial charge on any atom is 0.417 e. The van der Waals surface area contributed by atoms with E-state index < -0.39 is 6.09 Å². The molecule has 0 radical (unpaired) electrons. The maximum absolute atomic E-state index is 12.4. The lowest BCUT2D eigenvalue weighted by molar-refractivity contribution is 0.215. The fourth-order valence-corrected chi connectivity index (χ4v) is 4.74. The Morgan fingerprint density at radius 3 is 2.50 bits per heavy atom. The van der Waals surface area contributed by atoms with Gasteiger partial charge < -0.3 is 14.5 Å². The predicted octanol–water partition coefficient (Wildman–Crippen LogP) is 6.53. The molecule has 0 bridgehead atoms. The molecule has 1 aromatic heterocycles. The third kappa shape index (κ3) is 5.86. The molecule has 8 heteroatoms. The maximum atomic E-state index is 12.4. The van der Waals surface area contributed by atoms with Crippen LogP contribution in [0, 0.1) is 6.92 Å². The van der Waals surface area contributed by atoms with Gasteiger partial charge >= 0.3 is 6.09 Å². The van der Waals surface area contributed by atoms with E-state index in [4.69, 9.17) is 21.3 Å². The van der Waals surface area contributed by atoms with Crippen molar-refractivity contribution in [2.24, 2.45) is 0 Å². The Balaban J connectivity index is 1.40. The fraction of sp³-hybridized carbons (Fsp3) is 0.231. The second-order valence-corrected chi connectivity index (χ2v) is 9.84. The molecular weight excluding hydrogens is 468 g/mol. The Bertz CT molecular complexity index is 1300. The molecule has 0 spiro atoms. The highest BCUT2D eigenvalue weighted by Crippen LogP contribution is 2.31. The number of likely N-dealkylation sites (N-methyl/N-ethyl adjacent to an activating group) is 2. The van der Waals surface area contributed by atoms with Crippen LogP contribution in [0.1, 0.15) is 5.56 Å². The zero-order valence-electron chi connectivity index (χ0n) is 19.6. The average Bonchev–Trinajstić information content (AvgIpc) is 3.22. The van der Waals surface area contributed by atoms with Crippen LogP contribution < -0.4 is 15.0 Å². The molecule has 0 saturated carbocycles. The number of amides is 1. The largest absolute Gasteiger partial charge is 0.417 e. The van der Waals surface area contributed by atoms with Crippen LogP contribution in [0.4, 0.5) is 15.6 Å². The van der Waals surface area contributed by atoms with Gasteiger partial charge in [0.15, 0.2) is 5.13 Å². The Morgan fingerprint density at radius 1 is 1.03 bits per heavy atom. The Labute approximate surface area is 208 Å². The van der Waals surface area contributed by atoms with Crippen molar-refractivity contribution >= 4 is 50.1 Å². The number of nitrogens with one attached hydrogen (secondary N) is 1. The van der Waals surface area contributed by atoms with E-state index in [1.807, 2.05) is 62.5 Å². The van der Waals surface area contributed by atoms with Crippen LogP contribution in [0.25, 0.3) is 21.3 Å². The summed E-state index contributed by atoms with van der Waals surface area (Å²) in [7, 11) is 6.14. The number of aryl methyl sites for hydroxylation is 1. The van der Waals surface area contributed by atoms with Crippen molar-refractivity contribution in [1.29, 1.82) is 0 Å². The number of carbonyl (C=O) groups excluding carboxylic acids is 1. The average molecular weight is 495 g/mol. The van der Waals surface area contributed by atoms with E-state index in [9.17, 15) is 4.79 Å². The Kier molecular flexibility index (Phi) is 7.36. The topological polar surface area (TPSA) is 57.7 Å². The molecule has 1 amide bonds. The van der Waals surface area contributed by atoms with Gasteiger partial charge in [-0.3, -0.25) is 5.32 Å². The van der Waals surface area contributed by atoms with Crippen molar-refractivity contribution < 1.29 is 9.53 Å². The number of anilines is 2. The van der Waals surface area contributed by atoms with Gasteiger partial charge in [-0.1, -0.05) is 47.2 Å². The fourth-order valence-electron chi connectivity index (χ4n) is 3.41. The van der Waals surface area contributed by atoms with Crippen molar-refractivity contribution in [2.45, 2.75) is 6.92 Å². The standard InChI is InChI=1S/C26H27ClN4O2S/c1-17-5-11-21(22(27)15-17)18-6-9-20(10-7-18)33-26(32)28-19-8-12-23-24(16-19)34-25(29-23)31(4)14-13-30(2)3/h5-12,15-16H,13-14H2,1-4H3,(H,28,32). The summed E-state index contributed by atoms with van der Waals surface area (Å²) < 4.78 is 6.46. The summed E-state index contributed by atoms with van der Waals surface area (Å²) in [5, 5.41) is 4.44. The quantitative estimate of drug-likeness (QED) is 0.316. The summed E-state index contributed by atoms with van der Waals surface area (Å²) in [6.07, 6.45) is -0.548. The first-order valence-corrected chi connectivity index (χ1v) is 12.1. The molecule has 1 N–H and O–H groups in total. The number of hydrogen-bond acceptors (Lipinski definition) is 6. The minimum absolute atomic E-state index is 0.452. The lowest BCUT2D eigenvalue weighted by atomic mass is 10.0. The number of benzene rings is 3. The number of carbonyl (C=O) groups is 1. The zero-order valence-corrected chi connectivity index (χ0v) is 21.2. The highest BCUT2D eigenvalue weighted by atomic mass is 35.5. The molecule has 0 aliphatic rings. The van der Waals surface area contributed by atoms with Crippen LogP contribution in [0.5, 0.6) is 5.75 Å². The van der Waals surface area contributed by atoms with Gasteiger partial charge in [-0.2, -0.15) is 0 Å². The molecule has 176 valence electrons. The second kappa shape index (κ2) is 10.4. The minimum Gasteiger partial charge on any atom is -0.410 e. The van der Waals surface area contributed by atoms with Gasteiger partial charge in [0.1, 0.15) is 5.75 Å². The van der Waals surface area contributed by atoms with Crippen LogP contribution in [0.15, 0.2) is 60.7 Å². The smallest absolute Gasteiger partial charge is 0.410 e. The first-order valence-electron chi connectivity index (χ1n) is 10.9. The molecule has 0 unspecified atom stereocenters. The molecule has 6 nitrogen and oxygen atoms in total. The number of aromatic nitrogens is 1. The molecule has 0 aliphatic heterocycles. The molecule has 0 atom stereocenters. The number of nitrogens with zero attached hydrogens (tertiary/aromatic N) is 3. The number of hydrogen-bond donors (Lipinski definition) is 1. The van der Waals surface area contributed by atoms with E-state index in [2.05, 4.69) is 29.2 Å². The van der Waals surface area contributed by atoms with Crippen LogP contribution >= 0.6 is 22.9 Å². The van der Waals surface area contributed by atoms with Crippen LogP contribution in [0.3, 0.4) is 0 Å². The van der Waals surface area contributed by atoms with E-state index in [1.54, 1.807) is 23.5 Å². The number of thiazole rings is 1. The van der Waals surface area contributed by atoms with E-state index in [0.717, 1.165) is 45.1 Å². The van der Waals surface area contributed by atoms with Gasteiger partial charge in [0.25, 0.3) is 0 Å². The molecular formula is C26H27ClN4O2S. The van der Waals surface area contributed by atoms with Crippen molar-refractivity contribution in [1.82, 2.24) is 9.88 Å². The Hall–Kier alpha value is -3.13. The van der Waals surface area contributed by atoms with Gasteiger partial charge in [0.05, 0.1) is 10.2 Å². The van der Waals surface area contributed by atoms with Crippen LogP contribution in [-0.2, 0) is 0 Å². The highest BCUT2D eigenvalue weighted by molar-refractivity contribution is 7.22. The summed E-state index contributed by atoms with van der Waals surface area (Å²) in [5.74, 6) is 0.452. The van der Waals surface area contributed by atoms with Crippen LogP contribution in [-0.4, -0.2) is 50.2 Å². The predicted molar refractivity (Wildman–Crippen MR) is 143 cm³/mol. The van der Waals surface area contributed by atoms with E-state index in [-0.39, 0.29) is 0 Å². The molecule has 4 rings (SSSR count). The van der Waals surface area contributed by atoms with Gasteiger partial charge in [-0.25, -0.2) is 9.78 Å². The van der Waals surface area contributed by atoms with E-state index in [0.29, 0.717) is 16.5 Å². The van der Waals surface area contributed by atoms with Crippen LogP contribution in [0.2, 0.25) is 5.02 Å². The molecule has 4 aromatic rings. The second-order valence-electron chi connectivity index (χ2n) is 8.43. The number of fused-ring (bicyclic) bond motifs is 1. The van der Waals surface area contributed by atoms with Crippen molar-refractivity contribution in [3.63, 3.8) is 0 Å². The number of ether oxygens (including phenoxy) is 1.